The minimum Gasteiger partial charge on any atom is -0.385 e. The molecule has 1 aromatic heterocycles. The highest BCUT2D eigenvalue weighted by Crippen LogP contribution is 2.28. The van der Waals surface area contributed by atoms with Crippen molar-refractivity contribution >= 4 is 21.4 Å². The third-order valence-electron chi connectivity index (χ3n) is 3.45. The second-order valence-electron chi connectivity index (χ2n) is 5.42. The first-order chi connectivity index (χ1) is 10.0. The van der Waals surface area contributed by atoms with Crippen LogP contribution >= 0.6 is 11.3 Å². The standard InChI is InChI=1S/C14H24N2O3S2/c1-11-10-20-13(9-15-12-5-6-12)14(11)21(17,18)16-7-3-4-8-19-2/h10,12,15-16H,3-9H2,1-2H3. The highest BCUT2D eigenvalue weighted by Gasteiger charge is 2.25. The SMILES string of the molecule is COCCCCNS(=O)(=O)c1c(C)csc1CNC1CC1. The van der Waals surface area contributed by atoms with Gasteiger partial charge < -0.3 is 10.1 Å². The number of thiophene rings is 1. The van der Waals surface area contributed by atoms with Crippen LogP contribution in [-0.2, 0) is 21.3 Å². The lowest BCUT2D eigenvalue weighted by Crippen LogP contribution is -2.27. The molecule has 1 heterocycles. The Bertz CT molecular complexity index is 551. The molecule has 1 aliphatic rings. The summed E-state index contributed by atoms with van der Waals surface area (Å²) in [6, 6.07) is 0.574. The largest absolute Gasteiger partial charge is 0.385 e. The summed E-state index contributed by atoms with van der Waals surface area (Å²) in [5, 5.41) is 5.30. The van der Waals surface area contributed by atoms with Crippen molar-refractivity contribution in [2.24, 2.45) is 0 Å². The highest BCUT2D eigenvalue weighted by molar-refractivity contribution is 7.89. The molecule has 21 heavy (non-hydrogen) atoms. The number of hydrogen-bond donors (Lipinski definition) is 2. The van der Waals surface area contributed by atoms with E-state index >= 15 is 0 Å². The van der Waals surface area contributed by atoms with E-state index in [1.54, 1.807) is 7.11 Å². The number of unbranched alkanes of at least 4 members (excludes halogenated alkanes) is 1. The van der Waals surface area contributed by atoms with Crippen LogP contribution in [0.1, 0.15) is 36.1 Å². The summed E-state index contributed by atoms with van der Waals surface area (Å²) in [6.45, 7) is 3.62. The van der Waals surface area contributed by atoms with Gasteiger partial charge in [0.2, 0.25) is 10.0 Å². The smallest absolute Gasteiger partial charge is 0.241 e. The van der Waals surface area contributed by atoms with Crippen LogP contribution in [0.25, 0.3) is 0 Å². The number of ether oxygens (including phenoxy) is 1. The van der Waals surface area contributed by atoms with Gasteiger partial charge in [-0.1, -0.05) is 0 Å². The quantitative estimate of drug-likeness (QED) is 0.643. The number of methoxy groups -OCH3 is 1. The van der Waals surface area contributed by atoms with E-state index in [2.05, 4.69) is 10.0 Å². The maximum atomic E-state index is 12.5. The van der Waals surface area contributed by atoms with E-state index in [1.165, 1.54) is 24.2 Å². The van der Waals surface area contributed by atoms with Crippen LogP contribution in [0.15, 0.2) is 10.3 Å². The van der Waals surface area contributed by atoms with E-state index in [0.29, 0.717) is 30.6 Å². The fraction of sp³-hybridized carbons (Fsp3) is 0.714. The van der Waals surface area contributed by atoms with Gasteiger partial charge in [-0.25, -0.2) is 13.1 Å². The maximum absolute atomic E-state index is 12.5. The molecule has 2 N–H and O–H groups in total. The second-order valence-corrected chi connectivity index (χ2v) is 8.09. The van der Waals surface area contributed by atoms with Crippen molar-refractivity contribution in [1.82, 2.24) is 10.0 Å². The van der Waals surface area contributed by atoms with Gasteiger partial charge in [0.25, 0.3) is 0 Å². The fourth-order valence-corrected chi connectivity index (χ4v) is 4.98. The summed E-state index contributed by atoms with van der Waals surface area (Å²) in [6.07, 6.45) is 4.04. The van der Waals surface area contributed by atoms with Crippen LogP contribution in [0.2, 0.25) is 0 Å². The van der Waals surface area contributed by atoms with E-state index in [4.69, 9.17) is 4.74 Å². The number of hydrogen-bond acceptors (Lipinski definition) is 5. The molecule has 1 aromatic rings. The van der Waals surface area contributed by atoms with Gasteiger partial charge in [0.1, 0.15) is 4.90 Å². The Hall–Kier alpha value is -0.470. The Morgan fingerprint density at radius 3 is 2.81 bits per heavy atom. The summed E-state index contributed by atoms with van der Waals surface area (Å²) in [4.78, 5) is 1.37. The summed E-state index contributed by atoms with van der Waals surface area (Å²) >= 11 is 1.52. The normalized spacial score (nSPS) is 15.5. The Kier molecular flexibility index (Phi) is 6.19. The van der Waals surface area contributed by atoms with Crippen molar-refractivity contribution in [3.05, 3.63) is 15.8 Å². The molecule has 0 spiro atoms. The van der Waals surface area contributed by atoms with Crippen molar-refractivity contribution in [2.45, 2.75) is 50.1 Å². The van der Waals surface area contributed by atoms with E-state index < -0.39 is 10.0 Å². The van der Waals surface area contributed by atoms with Gasteiger partial charge in [-0.05, 0) is 43.6 Å². The third kappa shape index (κ3) is 5.03. The first kappa shape index (κ1) is 16.9. The van der Waals surface area contributed by atoms with Crippen LogP contribution in [0.3, 0.4) is 0 Å². The minimum absolute atomic E-state index is 0.455. The van der Waals surface area contributed by atoms with Crippen LogP contribution < -0.4 is 10.0 Å². The van der Waals surface area contributed by atoms with Crippen molar-refractivity contribution in [3.63, 3.8) is 0 Å². The molecular weight excluding hydrogens is 308 g/mol. The Labute approximate surface area is 131 Å². The molecule has 0 aliphatic heterocycles. The molecule has 0 bridgehead atoms. The monoisotopic (exact) mass is 332 g/mol. The van der Waals surface area contributed by atoms with Gasteiger partial charge in [-0.2, -0.15) is 0 Å². The Morgan fingerprint density at radius 2 is 2.14 bits per heavy atom. The van der Waals surface area contributed by atoms with Crippen LogP contribution in [0.5, 0.6) is 0 Å². The molecule has 1 aliphatic carbocycles. The zero-order chi connectivity index (χ0) is 15.3. The van der Waals surface area contributed by atoms with Gasteiger partial charge >= 0.3 is 0 Å². The molecule has 7 heteroatoms. The Balaban J connectivity index is 1.95. The van der Waals surface area contributed by atoms with Crippen molar-refractivity contribution < 1.29 is 13.2 Å². The lowest BCUT2D eigenvalue weighted by Gasteiger charge is -2.09. The van der Waals surface area contributed by atoms with E-state index in [-0.39, 0.29) is 0 Å². The van der Waals surface area contributed by atoms with E-state index in [1.807, 2.05) is 12.3 Å². The second kappa shape index (κ2) is 7.69. The molecule has 0 atom stereocenters. The van der Waals surface area contributed by atoms with Crippen molar-refractivity contribution in [3.8, 4) is 0 Å². The molecule has 0 saturated heterocycles. The summed E-state index contributed by atoms with van der Waals surface area (Å²) < 4.78 is 32.6. The molecule has 1 fully saturated rings. The predicted molar refractivity (Wildman–Crippen MR) is 85.2 cm³/mol. The number of rotatable bonds is 10. The number of nitrogens with one attached hydrogen (secondary N) is 2. The number of aryl methyl sites for hydroxylation is 1. The van der Waals surface area contributed by atoms with Gasteiger partial charge in [-0.15, -0.1) is 11.3 Å². The first-order valence-corrected chi connectivity index (χ1v) is 9.70. The van der Waals surface area contributed by atoms with Gasteiger partial charge in [0, 0.05) is 37.7 Å². The molecule has 1 saturated carbocycles. The molecule has 120 valence electrons. The molecular formula is C14H24N2O3S2. The lowest BCUT2D eigenvalue weighted by molar-refractivity contribution is 0.193. The van der Waals surface area contributed by atoms with E-state index in [0.717, 1.165) is 23.3 Å². The fourth-order valence-electron chi connectivity index (χ4n) is 2.14. The molecule has 2 rings (SSSR count). The third-order valence-corrected chi connectivity index (χ3v) is 6.38. The minimum atomic E-state index is -3.41. The predicted octanol–water partition coefficient (Wildman–Crippen LogP) is 2.01. The Morgan fingerprint density at radius 1 is 1.38 bits per heavy atom. The zero-order valence-corrected chi connectivity index (χ0v) is 14.3. The number of sulfonamides is 1. The van der Waals surface area contributed by atoms with Crippen molar-refractivity contribution in [1.29, 1.82) is 0 Å². The van der Waals surface area contributed by atoms with Crippen LogP contribution in [0, 0.1) is 6.92 Å². The van der Waals surface area contributed by atoms with Gasteiger partial charge in [-0.3, -0.25) is 0 Å². The highest BCUT2D eigenvalue weighted by atomic mass is 32.2. The van der Waals surface area contributed by atoms with Crippen LogP contribution in [-0.4, -0.2) is 34.7 Å². The molecule has 0 aromatic carbocycles. The summed E-state index contributed by atoms with van der Waals surface area (Å²) in [7, 11) is -1.76. The lowest BCUT2D eigenvalue weighted by atomic mass is 10.3. The molecule has 5 nitrogen and oxygen atoms in total. The van der Waals surface area contributed by atoms with E-state index in [9.17, 15) is 8.42 Å². The molecule has 0 amide bonds. The average Bonchev–Trinajstić information content (AvgIpc) is 3.18. The van der Waals surface area contributed by atoms with Gasteiger partial charge in [0.05, 0.1) is 0 Å². The van der Waals surface area contributed by atoms with Gasteiger partial charge in [0.15, 0.2) is 0 Å². The average molecular weight is 332 g/mol. The molecule has 0 unspecified atom stereocenters. The topological polar surface area (TPSA) is 67.4 Å². The zero-order valence-electron chi connectivity index (χ0n) is 12.6. The summed E-state index contributed by atoms with van der Waals surface area (Å²) in [5.41, 5.74) is 0.831. The van der Waals surface area contributed by atoms with Crippen LogP contribution in [0.4, 0.5) is 0 Å². The summed E-state index contributed by atoms with van der Waals surface area (Å²) in [5.74, 6) is 0. The maximum Gasteiger partial charge on any atom is 0.241 e. The van der Waals surface area contributed by atoms with Crippen molar-refractivity contribution in [2.75, 3.05) is 20.3 Å². The molecule has 0 radical (unpaired) electrons. The first-order valence-electron chi connectivity index (χ1n) is 7.33.